The number of aliphatic hydroxyl groups excluding tert-OH is 5. The third kappa shape index (κ3) is 8.52. The van der Waals surface area contributed by atoms with Crippen LogP contribution in [-0.4, -0.2) is 137 Å². The fourth-order valence-corrected chi connectivity index (χ4v) is 6.09. The average Bonchev–Trinajstić information content (AvgIpc) is 3.04. The summed E-state index contributed by atoms with van der Waals surface area (Å²) < 4.78 is 34.4. The highest BCUT2D eigenvalue weighted by molar-refractivity contribution is 6.02. The number of fused-ring (bicyclic) bond motifs is 1. The fraction of sp³-hybridized carbons (Fsp3) is 0.545. The van der Waals surface area contributed by atoms with Crippen molar-refractivity contribution in [1.29, 1.82) is 0 Å². The predicted molar refractivity (Wildman–Crippen MR) is 166 cm³/mol. The number of ether oxygens (including phenoxy) is 6. The first-order valence-electron chi connectivity index (χ1n) is 15.9. The van der Waals surface area contributed by atoms with Crippen LogP contribution in [0.15, 0.2) is 36.4 Å². The van der Waals surface area contributed by atoms with Crippen LogP contribution in [-0.2, 0) is 28.5 Å². The van der Waals surface area contributed by atoms with Gasteiger partial charge in [0.2, 0.25) is 6.29 Å². The molecule has 2 aromatic rings. The second kappa shape index (κ2) is 15.2. The molecule has 5 rings (SSSR count). The van der Waals surface area contributed by atoms with Crippen molar-refractivity contribution in [2.45, 2.75) is 106 Å². The van der Waals surface area contributed by atoms with Gasteiger partial charge < -0.3 is 74.4 Å². The monoisotopic (exact) mass is 724 g/mol. The van der Waals surface area contributed by atoms with Gasteiger partial charge in [0, 0.05) is 12.1 Å². The number of carboxylic acids is 1. The van der Waals surface area contributed by atoms with Crippen molar-refractivity contribution >= 4 is 17.7 Å². The van der Waals surface area contributed by atoms with Gasteiger partial charge in [0.25, 0.3) is 0 Å². The molecule has 0 amide bonds. The zero-order valence-electron chi connectivity index (χ0n) is 27.3. The molecule has 3 aliphatic heterocycles. The third-order valence-corrected chi connectivity index (χ3v) is 8.71. The summed E-state index contributed by atoms with van der Waals surface area (Å²) in [5.41, 5.74) is -1.64. The molecule has 0 bridgehead atoms. The first-order chi connectivity index (χ1) is 24.0. The second-order valence-corrected chi connectivity index (χ2v) is 13.0. The lowest BCUT2D eigenvalue weighted by Gasteiger charge is -2.46. The van der Waals surface area contributed by atoms with E-state index < -0.39 is 116 Å². The van der Waals surface area contributed by atoms with E-state index in [1.54, 1.807) is 12.1 Å². The number of Topliss-reactive ketones (excluding diaryl/α,β-unsaturated/α-hetero) is 1. The smallest absolute Gasteiger partial charge is 0.309 e. The molecule has 51 heavy (non-hydrogen) atoms. The summed E-state index contributed by atoms with van der Waals surface area (Å²) in [6, 6.07) is 8.23. The number of esters is 1. The maximum absolute atomic E-state index is 13.0. The Morgan fingerprint density at radius 1 is 0.922 bits per heavy atom. The SMILES string of the molecule is C[C@@H]1O[C@@H](O[C@H]2[C@H](Oc3cc(O)c4c(c3)OC(c3ccc(O)cc3)CC4=O)O[C@H](CO)[C@@H](OC(=O)C[C@@](C)(O)CC(=O)O)[C@@H]2O)[C@H](O)[C@H](O)[C@H]1O. The molecule has 18 heteroatoms. The Morgan fingerprint density at radius 2 is 1.61 bits per heavy atom. The molecule has 3 aliphatic rings. The Kier molecular flexibility index (Phi) is 11.4. The molecular formula is C33H40O18. The lowest BCUT2D eigenvalue weighted by molar-refractivity contribution is -0.355. The molecule has 3 heterocycles. The average molecular weight is 725 g/mol. The van der Waals surface area contributed by atoms with Gasteiger partial charge in [-0.1, -0.05) is 12.1 Å². The maximum Gasteiger partial charge on any atom is 0.309 e. The van der Waals surface area contributed by atoms with Crippen LogP contribution in [0.4, 0.5) is 0 Å². The number of carbonyl (C=O) groups is 3. The van der Waals surface area contributed by atoms with Crippen LogP contribution < -0.4 is 9.47 Å². The molecule has 18 nitrogen and oxygen atoms in total. The Labute approximate surface area is 289 Å². The number of phenols is 2. The topological polar surface area (TPSA) is 289 Å². The first-order valence-corrected chi connectivity index (χ1v) is 15.9. The highest BCUT2D eigenvalue weighted by Crippen LogP contribution is 2.43. The number of hydrogen-bond acceptors (Lipinski definition) is 17. The van der Waals surface area contributed by atoms with E-state index in [-0.39, 0.29) is 29.2 Å². The third-order valence-electron chi connectivity index (χ3n) is 8.71. The first kappa shape index (κ1) is 38.1. The van der Waals surface area contributed by atoms with Crippen molar-refractivity contribution in [3.8, 4) is 23.0 Å². The lowest BCUT2D eigenvalue weighted by atomic mass is 9.95. The van der Waals surface area contributed by atoms with Crippen molar-refractivity contribution < 1.29 is 88.8 Å². The molecule has 280 valence electrons. The minimum absolute atomic E-state index is 0.00408. The summed E-state index contributed by atoms with van der Waals surface area (Å²) in [6.45, 7) is 1.56. The van der Waals surface area contributed by atoms with E-state index in [1.165, 1.54) is 25.1 Å². The normalized spacial score (nSPS) is 33.3. The summed E-state index contributed by atoms with van der Waals surface area (Å²) in [6.07, 6.45) is -19.4. The number of rotatable bonds is 11. The molecule has 0 saturated carbocycles. The van der Waals surface area contributed by atoms with E-state index in [0.29, 0.717) is 5.56 Å². The van der Waals surface area contributed by atoms with Crippen molar-refractivity contribution in [3.63, 3.8) is 0 Å². The van der Waals surface area contributed by atoms with Gasteiger partial charge in [-0.15, -0.1) is 0 Å². The van der Waals surface area contributed by atoms with Crippen LogP contribution in [0.3, 0.4) is 0 Å². The van der Waals surface area contributed by atoms with E-state index in [1.807, 2.05) is 0 Å². The summed E-state index contributed by atoms with van der Waals surface area (Å²) in [7, 11) is 0. The number of phenolic OH excluding ortho intramolecular Hbond substituents is 2. The van der Waals surface area contributed by atoms with Gasteiger partial charge in [0.05, 0.1) is 37.6 Å². The van der Waals surface area contributed by atoms with Gasteiger partial charge in [-0.2, -0.15) is 0 Å². The number of hydrogen-bond donors (Lipinski definition) is 9. The summed E-state index contributed by atoms with van der Waals surface area (Å²) >= 11 is 0. The molecule has 0 aromatic heterocycles. The van der Waals surface area contributed by atoms with Gasteiger partial charge >= 0.3 is 11.9 Å². The van der Waals surface area contributed by atoms with Crippen molar-refractivity contribution in [2.24, 2.45) is 0 Å². The minimum Gasteiger partial charge on any atom is -0.508 e. The standard InChI is InChI=1S/C33H40O18/c1-13-25(41)26(42)27(43)31(46-13)51-30-28(44)29(50-23(40)11-33(2,45)10-22(38)39)21(12-34)49-32(30)47-16-7-17(36)24-18(37)9-19(48-20(24)8-16)14-3-5-15(35)6-4-14/h3-8,13,19,21,25-32,34-36,41-45H,9-12H2,1-2H3,(H,38,39)/t13-,19?,21+,25-,26+,27+,28-,29+,30+,31-,32+,33-/m0/s1. The lowest BCUT2D eigenvalue weighted by Crippen LogP contribution is -2.65. The Hall–Kier alpha value is -4.11. The molecule has 12 atom stereocenters. The van der Waals surface area contributed by atoms with Gasteiger partial charge in [0.15, 0.2) is 24.3 Å². The van der Waals surface area contributed by atoms with Crippen LogP contribution in [0, 0.1) is 0 Å². The molecule has 0 aliphatic carbocycles. The van der Waals surface area contributed by atoms with E-state index >= 15 is 0 Å². The van der Waals surface area contributed by atoms with Crippen LogP contribution in [0.5, 0.6) is 23.0 Å². The summed E-state index contributed by atoms with van der Waals surface area (Å²) in [4.78, 5) is 36.9. The van der Waals surface area contributed by atoms with E-state index in [4.69, 9.17) is 33.5 Å². The number of ketones is 1. The molecule has 1 unspecified atom stereocenters. The maximum atomic E-state index is 13.0. The molecular weight excluding hydrogens is 684 g/mol. The van der Waals surface area contributed by atoms with Crippen LogP contribution >= 0.6 is 0 Å². The van der Waals surface area contributed by atoms with Crippen LogP contribution in [0.1, 0.15) is 55.1 Å². The zero-order valence-corrected chi connectivity index (χ0v) is 27.3. The van der Waals surface area contributed by atoms with Crippen molar-refractivity contribution in [3.05, 3.63) is 47.5 Å². The molecule has 2 aromatic carbocycles. The fourth-order valence-electron chi connectivity index (χ4n) is 6.09. The van der Waals surface area contributed by atoms with Crippen molar-refractivity contribution in [2.75, 3.05) is 6.61 Å². The second-order valence-electron chi connectivity index (χ2n) is 13.0. The molecule has 2 saturated heterocycles. The Morgan fingerprint density at radius 3 is 2.25 bits per heavy atom. The van der Waals surface area contributed by atoms with Gasteiger partial charge in [-0.05, 0) is 31.5 Å². The summed E-state index contributed by atoms with van der Waals surface area (Å²) in [5, 5.41) is 92.7. The van der Waals surface area contributed by atoms with Gasteiger partial charge in [-0.3, -0.25) is 14.4 Å². The van der Waals surface area contributed by atoms with Gasteiger partial charge in [-0.25, -0.2) is 0 Å². The molecule has 9 N–H and O–H groups in total. The summed E-state index contributed by atoms with van der Waals surface area (Å²) in [5.74, 6) is -3.89. The van der Waals surface area contributed by atoms with Gasteiger partial charge in [0.1, 0.15) is 65.2 Å². The highest BCUT2D eigenvalue weighted by Gasteiger charge is 2.53. The number of aliphatic hydroxyl groups is 6. The van der Waals surface area contributed by atoms with E-state index in [0.717, 1.165) is 13.0 Å². The van der Waals surface area contributed by atoms with Crippen LogP contribution in [0.25, 0.3) is 0 Å². The quantitative estimate of drug-likeness (QED) is 0.126. The van der Waals surface area contributed by atoms with E-state index in [9.17, 15) is 55.2 Å². The number of benzene rings is 2. The number of carbonyl (C=O) groups excluding carboxylic acids is 2. The zero-order chi connectivity index (χ0) is 37.4. The Bertz CT molecular complexity index is 1580. The number of aliphatic carboxylic acids is 1. The predicted octanol–water partition coefficient (Wildman–Crippen LogP) is -0.998. The largest absolute Gasteiger partial charge is 0.508 e. The Balaban J connectivity index is 1.43. The van der Waals surface area contributed by atoms with Crippen LogP contribution in [0.2, 0.25) is 0 Å². The molecule has 0 radical (unpaired) electrons. The number of aromatic hydroxyl groups is 2. The highest BCUT2D eigenvalue weighted by atomic mass is 16.8. The molecule has 0 spiro atoms. The number of carboxylic acid groups (broad SMARTS) is 1. The van der Waals surface area contributed by atoms with Crippen molar-refractivity contribution in [1.82, 2.24) is 0 Å². The van der Waals surface area contributed by atoms with E-state index in [2.05, 4.69) is 0 Å². The minimum atomic E-state index is -2.05. The molecule has 2 fully saturated rings.